The number of halogens is 1. The number of carboxylic acids is 1. The van der Waals surface area contributed by atoms with Crippen molar-refractivity contribution in [2.75, 3.05) is 0 Å². The number of carboxylic acid groups (broad SMARTS) is 1. The van der Waals surface area contributed by atoms with Crippen LogP contribution in [-0.2, 0) is 0 Å². The van der Waals surface area contributed by atoms with E-state index in [4.69, 9.17) is 11.6 Å². The van der Waals surface area contributed by atoms with Crippen LogP contribution in [0, 0.1) is 0 Å². The largest absolute Gasteiger partial charge is 1.00 e. The molecule has 2 aromatic rings. The number of nitrogens with zero attached hydrogens (tertiary/aromatic N) is 2. The van der Waals surface area contributed by atoms with E-state index < -0.39 is 5.97 Å². The zero-order chi connectivity index (χ0) is 11.5. The second-order valence-corrected chi connectivity index (χ2v) is 3.43. The summed E-state index contributed by atoms with van der Waals surface area (Å²) in [6, 6.07) is 6.17. The molecule has 1 aromatic heterocycles. The topological polar surface area (TPSA) is 65.9 Å². The normalized spacial score (nSPS) is 9.47. The van der Waals surface area contributed by atoms with Gasteiger partial charge in [-0.15, -0.1) is 0 Å². The van der Waals surface area contributed by atoms with Crippen molar-refractivity contribution >= 4 is 17.6 Å². The molecule has 0 atom stereocenters. The van der Waals surface area contributed by atoms with E-state index in [1.54, 1.807) is 18.2 Å². The average Bonchev–Trinajstić information content (AvgIpc) is 2.29. The molecule has 4 nitrogen and oxygen atoms in total. The van der Waals surface area contributed by atoms with Crippen LogP contribution in [0.5, 0.6) is 0 Å². The third kappa shape index (κ3) is 3.04. The Morgan fingerprint density at radius 3 is 2.41 bits per heavy atom. The van der Waals surface area contributed by atoms with Crippen LogP contribution in [0.15, 0.2) is 36.7 Å². The number of carbonyl (C=O) groups excluding carboxylic acids is 1. The van der Waals surface area contributed by atoms with Crippen molar-refractivity contribution in [3.63, 3.8) is 0 Å². The van der Waals surface area contributed by atoms with E-state index in [9.17, 15) is 9.90 Å². The maximum Gasteiger partial charge on any atom is 1.00 e. The maximum atomic E-state index is 10.9. The predicted octanol–water partition coefficient (Wildman–Crippen LogP) is -1.84. The number of hydrogen-bond donors (Lipinski definition) is 0. The molecule has 1 heterocycles. The molecule has 6 heteroatoms. The van der Waals surface area contributed by atoms with Gasteiger partial charge in [-0.2, -0.15) is 0 Å². The fraction of sp³-hybridized carbons (Fsp3) is 0. The monoisotopic (exact) mass is 256 g/mol. The van der Waals surface area contributed by atoms with E-state index in [2.05, 4.69) is 9.97 Å². The molecule has 0 aliphatic rings. The van der Waals surface area contributed by atoms with Gasteiger partial charge in [0.1, 0.15) is 0 Å². The van der Waals surface area contributed by atoms with Gasteiger partial charge in [-0.1, -0.05) is 23.7 Å². The fourth-order valence-electron chi connectivity index (χ4n) is 1.35. The molecule has 0 N–H and O–H groups in total. The first-order valence-electron chi connectivity index (χ1n) is 4.47. The third-order valence-electron chi connectivity index (χ3n) is 2.02. The Bertz CT molecular complexity index is 534. The maximum absolute atomic E-state index is 10.9. The summed E-state index contributed by atoms with van der Waals surface area (Å²) in [5.74, 6) is -1.03. The molecule has 17 heavy (non-hydrogen) atoms. The summed E-state index contributed by atoms with van der Waals surface area (Å²) in [7, 11) is 0. The number of aromatic carboxylic acids is 1. The first kappa shape index (κ1) is 14.1. The fourth-order valence-corrected chi connectivity index (χ4v) is 1.61. The number of carbonyl (C=O) groups is 1. The van der Waals surface area contributed by atoms with Gasteiger partial charge in [-0.05, 0) is 12.1 Å². The number of hydrogen-bond acceptors (Lipinski definition) is 4. The van der Waals surface area contributed by atoms with Crippen molar-refractivity contribution in [3.8, 4) is 11.4 Å². The van der Waals surface area contributed by atoms with E-state index in [1.165, 1.54) is 18.5 Å². The van der Waals surface area contributed by atoms with Gasteiger partial charge in [0.25, 0.3) is 0 Å². The van der Waals surface area contributed by atoms with Gasteiger partial charge >= 0.3 is 29.6 Å². The van der Waals surface area contributed by atoms with Gasteiger partial charge in [0.15, 0.2) is 5.82 Å². The van der Waals surface area contributed by atoms with Crippen molar-refractivity contribution in [2.45, 2.75) is 0 Å². The third-order valence-corrected chi connectivity index (χ3v) is 2.34. The van der Waals surface area contributed by atoms with Gasteiger partial charge < -0.3 is 9.90 Å². The molecular weight excluding hydrogens is 251 g/mol. The molecule has 2 rings (SSSR count). The van der Waals surface area contributed by atoms with E-state index in [-0.39, 0.29) is 51.5 Å². The summed E-state index contributed by atoms with van der Waals surface area (Å²) in [6.07, 6.45) is 3.04. The first-order chi connectivity index (χ1) is 7.70. The minimum atomic E-state index is -1.30. The molecule has 0 unspecified atom stereocenters. The summed E-state index contributed by atoms with van der Waals surface area (Å²) in [6.45, 7) is 0. The van der Waals surface area contributed by atoms with Crippen molar-refractivity contribution in [1.29, 1.82) is 0 Å². The van der Waals surface area contributed by atoms with Crippen LogP contribution in [0.2, 0.25) is 5.02 Å². The SMILES string of the molecule is O=C([O-])c1cccc(Cl)c1-c1ncccn1.[Na+]. The van der Waals surface area contributed by atoms with Crippen LogP contribution in [-0.4, -0.2) is 15.9 Å². The molecule has 0 radical (unpaired) electrons. The van der Waals surface area contributed by atoms with Crippen molar-refractivity contribution in [3.05, 3.63) is 47.2 Å². The average molecular weight is 257 g/mol. The Kier molecular flexibility index (Phi) is 5.08. The molecule has 1 aromatic carbocycles. The Balaban J connectivity index is 0.00000144. The van der Waals surface area contributed by atoms with Crippen molar-refractivity contribution < 1.29 is 39.5 Å². The quantitative estimate of drug-likeness (QED) is 0.593. The van der Waals surface area contributed by atoms with Gasteiger partial charge in [-0.25, -0.2) is 9.97 Å². The smallest absolute Gasteiger partial charge is 0.545 e. The number of aromatic nitrogens is 2. The molecule has 0 aliphatic heterocycles. The zero-order valence-corrected chi connectivity index (χ0v) is 11.8. The van der Waals surface area contributed by atoms with Gasteiger partial charge in [-0.3, -0.25) is 0 Å². The first-order valence-corrected chi connectivity index (χ1v) is 4.85. The minimum Gasteiger partial charge on any atom is -0.545 e. The van der Waals surface area contributed by atoms with Crippen molar-refractivity contribution in [1.82, 2.24) is 9.97 Å². The van der Waals surface area contributed by atoms with Crippen molar-refractivity contribution in [2.24, 2.45) is 0 Å². The summed E-state index contributed by atoms with van der Waals surface area (Å²) < 4.78 is 0. The number of benzene rings is 1. The summed E-state index contributed by atoms with van der Waals surface area (Å²) in [5, 5.41) is 11.2. The van der Waals surface area contributed by atoms with Crippen LogP contribution in [0.25, 0.3) is 11.4 Å². The molecule has 0 saturated heterocycles. The molecule has 0 spiro atoms. The minimum absolute atomic E-state index is 0. The van der Waals surface area contributed by atoms with Crippen LogP contribution in [0.1, 0.15) is 10.4 Å². The molecule has 0 aliphatic carbocycles. The van der Waals surface area contributed by atoms with Crippen LogP contribution < -0.4 is 34.7 Å². The molecule has 0 amide bonds. The zero-order valence-electron chi connectivity index (χ0n) is 9.05. The Labute approximate surface area is 125 Å². The molecule has 0 saturated carbocycles. The summed E-state index contributed by atoms with van der Waals surface area (Å²) in [5.41, 5.74) is 0.267. The van der Waals surface area contributed by atoms with E-state index in [0.717, 1.165) is 0 Å². The summed E-state index contributed by atoms with van der Waals surface area (Å²) in [4.78, 5) is 18.9. The van der Waals surface area contributed by atoms with E-state index in [1.807, 2.05) is 0 Å². The Morgan fingerprint density at radius 2 is 1.82 bits per heavy atom. The van der Waals surface area contributed by atoms with Crippen LogP contribution in [0.4, 0.5) is 0 Å². The van der Waals surface area contributed by atoms with Gasteiger partial charge in [0.2, 0.25) is 0 Å². The van der Waals surface area contributed by atoms with Crippen LogP contribution >= 0.6 is 11.6 Å². The predicted molar refractivity (Wildman–Crippen MR) is 56.8 cm³/mol. The molecule has 0 fully saturated rings. The Morgan fingerprint density at radius 1 is 1.18 bits per heavy atom. The molecular formula is C11H6ClN2NaO2. The van der Waals surface area contributed by atoms with Gasteiger partial charge in [0.05, 0.1) is 11.0 Å². The second-order valence-electron chi connectivity index (χ2n) is 3.02. The van der Waals surface area contributed by atoms with Gasteiger partial charge in [0, 0.05) is 23.5 Å². The molecule has 0 bridgehead atoms. The van der Waals surface area contributed by atoms with E-state index >= 15 is 0 Å². The van der Waals surface area contributed by atoms with Crippen LogP contribution in [0.3, 0.4) is 0 Å². The van der Waals surface area contributed by atoms with E-state index in [0.29, 0.717) is 0 Å². The Hall–Kier alpha value is -0.940. The second kappa shape index (κ2) is 6.12. The summed E-state index contributed by atoms with van der Waals surface area (Å²) >= 11 is 5.94. The number of rotatable bonds is 2. The standard InChI is InChI=1S/C11H7ClN2O2.Na/c12-8-4-1-3-7(11(15)16)9(8)10-13-5-2-6-14-10;/h1-6H,(H,15,16);/q;+1/p-1. The molecule has 80 valence electrons.